The number of furan rings is 2. The molecule has 2 aliphatic carbocycles. The summed E-state index contributed by atoms with van der Waals surface area (Å²) in [6, 6.07) is 15.0. The summed E-state index contributed by atoms with van der Waals surface area (Å²) >= 11 is 26.4. The molecule has 2 fully saturated rings. The molecule has 3 atom stereocenters. The van der Waals surface area contributed by atoms with Crippen LogP contribution >= 0.6 is 46.4 Å². The summed E-state index contributed by atoms with van der Waals surface area (Å²) in [4.78, 5) is 63.5. The molecule has 22 heteroatoms. The van der Waals surface area contributed by atoms with E-state index in [1.807, 2.05) is 0 Å². The van der Waals surface area contributed by atoms with Gasteiger partial charge < -0.3 is 40.1 Å². The Morgan fingerprint density at radius 1 is 0.746 bits per heavy atom. The third-order valence-electron chi connectivity index (χ3n) is 11.1. The fourth-order valence-electron chi connectivity index (χ4n) is 7.57. The second-order valence-electron chi connectivity index (χ2n) is 15.8. The number of rotatable bonds is 17. The molecule has 5 heterocycles. The molecule has 2 aliphatic rings. The molecule has 17 nitrogen and oxygen atoms in total. The first-order valence-corrected chi connectivity index (χ1v) is 22.0. The van der Waals surface area contributed by atoms with Crippen molar-refractivity contribution in [2.75, 3.05) is 16.0 Å². The predicted octanol–water partition coefficient (Wildman–Crippen LogP) is 10.8. The van der Waals surface area contributed by atoms with E-state index in [1.165, 1.54) is 30.5 Å². The molecule has 0 spiro atoms. The number of nitrogens with zero attached hydrogens (tertiary/aromatic N) is 6. The summed E-state index contributed by atoms with van der Waals surface area (Å²) in [5, 5.41) is 39.0. The number of hydrogen-bond donors (Lipinski definition) is 6. The summed E-state index contributed by atoms with van der Waals surface area (Å²) in [6.07, 6.45) is 3.56. The molecule has 9 rings (SSSR count). The summed E-state index contributed by atoms with van der Waals surface area (Å²) in [5.41, 5.74) is 0.181. The van der Waals surface area contributed by atoms with E-state index >= 15 is 4.39 Å². The van der Waals surface area contributed by atoms with Gasteiger partial charge in [0.1, 0.15) is 67.3 Å². The molecule has 2 saturated carbocycles. The second-order valence-corrected chi connectivity index (χ2v) is 17.3. The highest BCUT2D eigenvalue weighted by Gasteiger charge is 2.49. The van der Waals surface area contributed by atoms with Crippen molar-refractivity contribution in [1.82, 2.24) is 29.9 Å². The van der Waals surface area contributed by atoms with Crippen LogP contribution in [0.5, 0.6) is 0 Å². The van der Waals surface area contributed by atoms with Gasteiger partial charge in [0.25, 0.3) is 0 Å². The number of anilines is 3. The maximum Gasteiger partial charge on any atom is 0.356 e. The minimum atomic E-state index is -1.41. The Balaban J connectivity index is 1.01. The smallest absolute Gasteiger partial charge is 0.356 e. The molecule has 0 amide bonds. The number of hydrogen-bond acceptors (Lipinski definition) is 14. The summed E-state index contributed by atoms with van der Waals surface area (Å²) in [5.74, 6) is -3.20. The molecule has 3 unspecified atom stereocenters. The molecule has 0 saturated heterocycles. The molecule has 6 N–H and O–H groups in total. The van der Waals surface area contributed by atoms with E-state index in [1.54, 1.807) is 43.3 Å². The maximum atomic E-state index is 15.1. The van der Waals surface area contributed by atoms with E-state index < -0.39 is 47.1 Å². The van der Waals surface area contributed by atoms with Crippen molar-refractivity contribution in [3.8, 4) is 22.5 Å². The normalized spacial score (nSPS) is 15.8. The lowest BCUT2D eigenvalue weighted by Crippen LogP contribution is -2.18. The van der Waals surface area contributed by atoms with Gasteiger partial charge in [-0.2, -0.15) is 0 Å². The lowest BCUT2D eigenvalue weighted by atomic mass is 9.97. The monoisotopic (exact) mass is 987 g/mol. The van der Waals surface area contributed by atoms with Crippen LogP contribution in [-0.4, -0.2) is 63.1 Å². The van der Waals surface area contributed by atoms with E-state index in [4.69, 9.17) is 60.2 Å². The van der Waals surface area contributed by atoms with Crippen molar-refractivity contribution in [2.45, 2.75) is 57.2 Å². The third-order valence-corrected chi connectivity index (χ3v) is 12.5. The Morgan fingerprint density at radius 2 is 1.40 bits per heavy atom. The third kappa shape index (κ3) is 9.56. The molecule has 67 heavy (non-hydrogen) atoms. The predicted molar refractivity (Wildman–Crippen MR) is 244 cm³/mol. The second kappa shape index (κ2) is 18.4. The summed E-state index contributed by atoms with van der Waals surface area (Å²) in [6.45, 7) is 1.84. The largest absolute Gasteiger partial charge is 0.476 e. The Hall–Kier alpha value is -6.86. The highest BCUT2D eigenvalue weighted by Crippen LogP contribution is 2.55. The minimum Gasteiger partial charge on any atom is -0.476 e. The van der Waals surface area contributed by atoms with Crippen LogP contribution in [0.15, 0.2) is 75.8 Å². The van der Waals surface area contributed by atoms with E-state index in [0.717, 1.165) is 12.8 Å². The molecule has 0 aliphatic heterocycles. The lowest BCUT2D eigenvalue weighted by molar-refractivity contribution is 0.0679. The van der Waals surface area contributed by atoms with Gasteiger partial charge in [0.05, 0.1) is 18.8 Å². The number of nitrogens with one attached hydrogen (secondary N) is 3. The van der Waals surface area contributed by atoms with Crippen LogP contribution in [0.4, 0.5) is 21.8 Å². The maximum absolute atomic E-state index is 15.1. The van der Waals surface area contributed by atoms with Crippen molar-refractivity contribution >= 4 is 81.8 Å². The number of carboxylic acids is 3. The Bertz CT molecular complexity index is 3120. The number of halogens is 5. The topological polar surface area (TPSA) is 252 Å². The molecular formula is C45H34Cl4FN9O8. The number of aromatic nitrogens is 6. The molecule has 342 valence electrons. The van der Waals surface area contributed by atoms with Crippen LogP contribution in [0.25, 0.3) is 22.5 Å². The van der Waals surface area contributed by atoms with Crippen LogP contribution in [0, 0.1) is 18.7 Å². The van der Waals surface area contributed by atoms with E-state index in [9.17, 15) is 29.7 Å². The molecule has 0 bridgehead atoms. The van der Waals surface area contributed by atoms with Crippen molar-refractivity contribution in [1.29, 1.82) is 0 Å². The van der Waals surface area contributed by atoms with Gasteiger partial charge >= 0.3 is 17.9 Å². The Kier molecular flexibility index (Phi) is 12.5. The van der Waals surface area contributed by atoms with Gasteiger partial charge in [0.15, 0.2) is 22.9 Å². The first-order chi connectivity index (χ1) is 32.1. The zero-order valence-electron chi connectivity index (χ0n) is 34.7. The molecule has 0 radical (unpaired) electrons. The highest BCUT2D eigenvalue weighted by molar-refractivity contribution is 6.36. The standard InChI is InChI=1S/C45H34Cl4FN9O8/c1-18-4-11-29(67-18)33(53-42-32(49)36(45(64)65)54-37(58-42)19-5-6-19)26-15-27(26)39-56-35(44(62)63)31(48)40(59-39)51-16-21-7-9-22(50)14-24(21)25-13-20(8-10-28(25)46)38-55-34(43(60)61)30(47)41(57-38)52-17-23-3-2-12-66-23/h2-4,7-14,19,26-27,33H,5-6,15-17H2,1H3,(H,60,61)(H,62,63)(H,64,65)(H,51,56,59)(H,52,55,57)(H,53,54,58). The summed E-state index contributed by atoms with van der Waals surface area (Å²) in [7, 11) is 0. The van der Waals surface area contributed by atoms with Crippen LogP contribution in [-0.2, 0) is 13.1 Å². The van der Waals surface area contributed by atoms with Crippen LogP contribution in [0.3, 0.4) is 0 Å². The van der Waals surface area contributed by atoms with Gasteiger partial charge in [0.2, 0.25) is 0 Å². The van der Waals surface area contributed by atoms with Crippen molar-refractivity contribution < 1.29 is 42.9 Å². The molecular weight excluding hydrogens is 955 g/mol. The van der Waals surface area contributed by atoms with Gasteiger partial charge in [-0.1, -0.05) is 52.5 Å². The first-order valence-electron chi connectivity index (χ1n) is 20.5. The van der Waals surface area contributed by atoms with Crippen molar-refractivity contribution in [3.05, 3.63) is 144 Å². The van der Waals surface area contributed by atoms with Crippen LogP contribution in [0.2, 0.25) is 20.1 Å². The van der Waals surface area contributed by atoms with Gasteiger partial charge in [0, 0.05) is 34.5 Å². The minimum absolute atomic E-state index is 0.0121. The van der Waals surface area contributed by atoms with Crippen molar-refractivity contribution in [3.63, 3.8) is 0 Å². The Morgan fingerprint density at radius 3 is 2.06 bits per heavy atom. The number of carboxylic acid groups (broad SMARTS) is 3. The zero-order valence-corrected chi connectivity index (χ0v) is 37.7. The van der Waals surface area contributed by atoms with Gasteiger partial charge in [-0.15, -0.1) is 0 Å². The number of benzene rings is 2. The van der Waals surface area contributed by atoms with Crippen LogP contribution in [0.1, 0.15) is 103 Å². The SMILES string of the molecule is Cc1ccc(C(Nc2nc(C3CC3)nc(C(=O)O)c2Cl)C2CC2c2nc(NCc3ccc(F)cc3-c3cc(-c4nc(NCc5ccco5)c(Cl)c(C(=O)O)n4)ccc3Cl)c(Cl)c(C(=O)O)n2)o1. The highest BCUT2D eigenvalue weighted by atomic mass is 35.5. The first kappa shape index (κ1) is 45.3. The molecule has 5 aromatic heterocycles. The average Bonchev–Trinajstić information content (AvgIpc) is 4.20. The number of aromatic carboxylic acids is 3. The van der Waals surface area contributed by atoms with E-state index in [0.29, 0.717) is 51.8 Å². The van der Waals surface area contributed by atoms with Crippen molar-refractivity contribution in [2.24, 2.45) is 5.92 Å². The van der Waals surface area contributed by atoms with Gasteiger partial charge in [-0.05, 0) is 97.8 Å². The van der Waals surface area contributed by atoms with Gasteiger partial charge in [-0.3, -0.25) is 0 Å². The quantitative estimate of drug-likeness (QED) is 0.0496. The molecule has 2 aromatic carbocycles. The van der Waals surface area contributed by atoms with E-state index in [2.05, 4.69) is 40.9 Å². The lowest BCUT2D eigenvalue weighted by Gasteiger charge is -2.20. The molecule has 7 aromatic rings. The average molecular weight is 990 g/mol. The fourth-order valence-corrected chi connectivity index (χ4v) is 8.48. The van der Waals surface area contributed by atoms with E-state index in [-0.39, 0.29) is 79.8 Å². The number of carbonyl (C=O) groups is 3. The van der Waals surface area contributed by atoms with Crippen LogP contribution < -0.4 is 16.0 Å². The Labute approximate surface area is 398 Å². The number of aryl methyl sites for hydroxylation is 1. The fraction of sp³-hybridized carbons (Fsp3) is 0.222. The van der Waals surface area contributed by atoms with Gasteiger partial charge in [-0.25, -0.2) is 48.7 Å². The zero-order chi connectivity index (χ0) is 47.3. The summed E-state index contributed by atoms with van der Waals surface area (Å²) < 4.78 is 26.5.